The van der Waals surface area contributed by atoms with Crippen LogP contribution < -0.4 is 0 Å². The van der Waals surface area contributed by atoms with Gasteiger partial charge in [0, 0.05) is 11.5 Å². The Morgan fingerprint density at radius 2 is 2.30 bits per heavy atom. The highest BCUT2D eigenvalue weighted by Crippen LogP contribution is 2.18. The summed E-state index contributed by atoms with van der Waals surface area (Å²) in [6, 6.07) is 0. The Balaban J connectivity index is 2.98. The van der Waals surface area contributed by atoms with Crippen molar-refractivity contribution < 1.29 is 4.79 Å². The summed E-state index contributed by atoms with van der Waals surface area (Å²) in [5, 5.41) is 0. The van der Waals surface area contributed by atoms with Crippen molar-refractivity contribution >= 4 is 5.94 Å². The van der Waals surface area contributed by atoms with Gasteiger partial charge in [0.15, 0.2) is 0 Å². The molecule has 0 saturated carbocycles. The van der Waals surface area contributed by atoms with Crippen molar-refractivity contribution in [2.75, 3.05) is 0 Å². The zero-order valence-corrected chi connectivity index (χ0v) is 6.22. The van der Waals surface area contributed by atoms with Gasteiger partial charge in [-0.2, -0.15) is 0 Å². The van der Waals surface area contributed by atoms with Crippen molar-refractivity contribution in [2.45, 2.75) is 13.8 Å². The van der Waals surface area contributed by atoms with E-state index in [2.05, 4.69) is 0 Å². The number of rotatable bonds is 0. The maximum Gasteiger partial charge on any atom is 0.128 e. The van der Waals surface area contributed by atoms with E-state index < -0.39 is 0 Å². The van der Waals surface area contributed by atoms with Crippen LogP contribution in [0.15, 0.2) is 29.4 Å². The SMILES string of the molecule is CC1=CC(=C=O)C(C)C=C1. The monoisotopic (exact) mass is 134 g/mol. The van der Waals surface area contributed by atoms with Crippen molar-refractivity contribution in [3.05, 3.63) is 29.4 Å². The Hall–Kier alpha value is -1.07. The average Bonchev–Trinajstić information content (AvgIpc) is 1.94. The van der Waals surface area contributed by atoms with Crippen LogP contribution in [-0.2, 0) is 4.79 Å². The van der Waals surface area contributed by atoms with Gasteiger partial charge in [-0.05, 0) is 13.0 Å². The fraction of sp³-hybridized carbons (Fsp3) is 0.333. The van der Waals surface area contributed by atoms with E-state index in [0.717, 1.165) is 11.1 Å². The standard InChI is InChI=1S/C9H10O/c1-7-3-4-8(2)9(5-7)6-10/h3-5,8H,1-2H3. The first kappa shape index (κ1) is 7.04. The Labute approximate surface area is 60.7 Å². The molecule has 0 bridgehead atoms. The highest BCUT2D eigenvalue weighted by molar-refractivity contribution is 5.61. The molecule has 1 nitrogen and oxygen atoms in total. The molecule has 1 heteroatoms. The topological polar surface area (TPSA) is 17.1 Å². The molecule has 0 spiro atoms. The molecule has 0 heterocycles. The molecule has 1 rings (SSSR count). The predicted molar refractivity (Wildman–Crippen MR) is 41.3 cm³/mol. The maximum absolute atomic E-state index is 10.3. The molecule has 52 valence electrons. The molecule has 0 amide bonds. The molecule has 0 fully saturated rings. The number of allylic oxidation sites excluding steroid dienone is 5. The van der Waals surface area contributed by atoms with Gasteiger partial charge in [-0.15, -0.1) is 0 Å². The minimum atomic E-state index is 0.237. The van der Waals surface area contributed by atoms with Crippen LogP contribution in [0, 0.1) is 5.92 Å². The Bertz CT molecular complexity index is 239. The van der Waals surface area contributed by atoms with Crippen LogP contribution in [0.2, 0.25) is 0 Å². The van der Waals surface area contributed by atoms with Crippen molar-refractivity contribution in [1.82, 2.24) is 0 Å². The highest BCUT2D eigenvalue weighted by atomic mass is 16.1. The van der Waals surface area contributed by atoms with Gasteiger partial charge in [-0.1, -0.05) is 24.6 Å². The molecule has 0 radical (unpaired) electrons. The molecule has 0 saturated heterocycles. The quantitative estimate of drug-likeness (QED) is 0.462. The molecule has 1 atom stereocenters. The van der Waals surface area contributed by atoms with Crippen LogP contribution in [0.3, 0.4) is 0 Å². The number of hydrogen-bond acceptors (Lipinski definition) is 1. The molecule has 0 aromatic rings. The van der Waals surface area contributed by atoms with E-state index in [4.69, 9.17) is 0 Å². The molecule has 0 aromatic carbocycles. The Kier molecular flexibility index (Phi) is 1.88. The van der Waals surface area contributed by atoms with Crippen LogP contribution in [-0.4, -0.2) is 5.94 Å². The highest BCUT2D eigenvalue weighted by Gasteiger charge is 2.07. The van der Waals surface area contributed by atoms with Crippen molar-refractivity contribution in [2.24, 2.45) is 5.92 Å². The molecule has 1 unspecified atom stereocenters. The van der Waals surface area contributed by atoms with E-state index in [0.29, 0.717) is 0 Å². The van der Waals surface area contributed by atoms with Crippen LogP contribution >= 0.6 is 0 Å². The summed E-state index contributed by atoms with van der Waals surface area (Å²) in [6.45, 7) is 3.96. The first-order valence-electron chi connectivity index (χ1n) is 3.35. The minimum Gasteiger partial charge on any atom is -0.233 e. The van der Waals surface area contributed by atoms with E-state index in [1.807, 2.05) is 38.0 Å². The molecule has 10 heavy (non-hydrogen) atoms. The summed E-state index contributed by atoms with van der Waals surface area (Å²) in [4.78, 5) is 10.3. The predicted octanol–water partition coefficient (Wildman–Crippen LogP) is 1.90. The summed E-state index contributed by atoms with van der Waals surface area (Å²) in [5.41, 5.74) is 1.87. The van der Waals surface area contributed by atoms with Crippen LogP contribution in [0.5, 0.6) is 0 Å². The van der Waals surface area contributed by atoms with Crippen molar-refractivity contribution in [3.63, 3.8) is 0 Å². The van der Waals surface area contributed by atoms with Crippen molar-refractivity contribution in [1.29, 1.82) is 0 Å². The normalized spacial score (nSPS) is 24.0. The fourth-order valence-corrected chi connectivity index (χ4v) is 0.947. The average molecular weight is 134 g/mol. The van der Waals surface area contributed by atoms with Gasteiger partial charge in [-0.25, -0.2) is 4.79 Å². The minimum absolute atomic E-state index is 0.237. The smallest absolute Gasteiger partial charge is 0.128 e. The molecule has 1 aliphatic carbocycles. The van der Waals surface area contributed by atoms with Gasteiger partial charge in [-0.3, -0.25) is 0 Å². The van der Waals surface area contributed by atoms with Crippen LogP contribution in [0.25, 0.3) is 0 Å². The van der Waals surface area contributed by atoms with Crippen LogP contribution in [0.1, 0.15) is 13.8 Å². The van der Waals surface area contributed by atoms with Gasteiger partial charge in [0.2, 0.25) is 0 Å². The van der Waals surface area contributed by atoms with Gasteiger partial charge in [0.05, 0.1) is 0 Å². The summed E-state index contributed by atoms with van der Waals surface area (Å²) in [6.07, 6.45) is 5.90. The lowest BCUT2D eigenvalue weighted by atomic mass is 9.95. The number of carbonyl (C=O) groups excluding carboxylic acids is 1. The van der Waals surface area contributed by atoms with Gasteiger partial charge < -0.3 is 0 Å². The summed E-state index contributed by atoms with van der Waals surface area (Å²) < 4.78 is 0. The van der Waals surface area contributed by atoms with Gasteiger partial charge in [0.25, 0.3) is 0 Å². The molecular weight excluding hydrogens is 124 g/mol. The Morgan fingerprint density at radius 3 is 2.80 bits per heavy atom. The van der Waals surface area contributed by atoms with Gasteiger partial charge in [0.1, 0.15) is 5.94 Å². The van der Waals surface area contributed by atoms with E-state index in [1.54, 1.807) is 0 Å². The number of hydrogen-bond donors (Lipinski definition) is 0. The maximum atomic E-state index is 10.3. The lowest BCUT2D eigenvalue weighted by Crippen LogP contribution is -1.98. The molecule has 0 N–H and O–H groups in total. The zero-order chi connectivity index (χ0) is 7.56. The first-order chi connectivity index (χ1) is 4.74. The largest absolute Gasteiger partial charge is 0.233 e. The van der Waals surface area contributed by atoms with E-state index >= 15 is 0 Å². The first-order valence-corrected chi connectivity index (χ1v) is 3.35. The van der Waals surface area contributed by atoms with E-state index in [1.165, 1.54) is 0 Å². The summed E-state index contributed by atoms with van der Waals surface area (Å²) in [5.74, 6) is 2.16. The molecule has 0 aliphatic heterocycles. The second-order valence-corrected chi connectivity index (χ2v) is 2.59. The second kappa shape index (κ2) is 2.68. The molecular formula is C9H10O. The summed E-state index contributed by atoms with van der Waals surface area (Å²) in [7, 11) is 0. The summed E-state index contributed by atoms with van der Waals surface area (Å²) >= 11 is 0. The molecule has 1 aliphatic rings. The Morgan fingerprint density at radius 1 is 1.60 bits per heavy atom. The third-order valence-electron chi connectivity index (χ3n) is 1.64. The zero-order valence-electron chi connectivity index (χ0n) is 6.22. The lowest BCUT2D eigenvalue weighted by Gasteiger charge is -2.08. The molecule has 0 aromatic heterocycles. The third-order valence-corrected chi connectivity index (χ3v) is 1.64. The van der Waals surface area contributed by atoms with Crippen molar-refractivity contribution in [3.8, 4) is 0 Å². The van der Waals surface area contributed by atoms with E-state index in [9.17, 15) is 4.79 Å². The second-order valence-electron chi connectivity index (χ2n) is 2.59. The lowest BCUT2D eigenvalue weighted by molar-refractivity contribution is 0.565. The van der Waals surface area contributed by atoms with Crippen LogP contribution in [0.4, 0.5) is 0 Å². The van der Waals surface area contributed by atoms with Gasteiger partial charge >= 0.3 is 0 Å². The van der Waals surface area contributed by atoms with E-state index in [-0.39, 0.29) is 5.92 Å². The fourth-order valence-electron chi connectivity index (χ4n) is 0.947. The third kappa shape index (κ3) is 1.26.